The molecular weight excluding hydrogens is 440 g/mol. The number of ether oxygens (including phenoxy) is 3. The maximum Gasteiger partial charge on any atom is 0.386 e. The van der Waals surface area contributed by atoms with Crippen LogP contribution in [0.5, 0.6) is 11.5 Å². The van der Waals surface area contributed by atoms with Crippen molar-refractivity contribution in [3.63, 3.8) is 0 Å². The number of nitrogens with one attached hydrogen (secondary N) is 1. The fourth-order valence-electron chi connectivity index (χ4n) is 3.86. The predicted octanol–water partition coefficient (Wildman–Crippen LogP) is 4.92. The lowest BCUT2D eigenvalue weighted by molar-refractivity contribution is -0.116. The third-order valence-electron chi connectivity index (χ3n) is 5.60. The summed E-state index contributed by atoms with van der Waals surface area (Å²) in [6.07, 6.45) is 5.49. The monoisotopic (exact) mass is 469 g/mol. The van der Waals surface area contributed by atoms with Gasteiger partial charge in [0, 0.05) is 6.54 Å². The number of amides is 1. The average molecular weight is 470 g/mol. The Hall–Kier alpha value is -3.53. The van der Waals surface area contributed by atoms with Crippen LogP contribution < -0.4 is 14.8 Å². The molecule has 0 spiro atoms. The van der Waals surface area contributed by atoms with Gasteiger partial charge in [-0.1, -0.05) is 30.2 Å². The fraction of sp³-hybridized carbons (Fsp3) is 0.370. The second kappa shape index (κ2) is 12.6. The van der Waals surface area contributed by atoms with Crippen LogP contribution in [0.2, 0.25) is 0 Å². The van der Waals surface area contributed by atoms with Gasteiger partial charge in [-0.3, -0.25) is 4.79 Å². The van der Waals surface area contributed by atoms with E-state index in [1.165, 1.54) is 5.56 Å². The standard InChI is InChI=1S/C27H29F2NO4/c1-3-4-15-33-24-12-9-19(16-25(24)32-2)13-14-30-26(31)23(18-34-27(28)29)22-11-10-20-7-5-6-8-21(20)17-22/h9-12,16-18,27H,5-8,13-15H2,1-2H3,(H,30,31)/b23-18-. The smallest absolute Gasteiger partial charge is 0.386 e. The number of carbonyl (C=O) groups excluding carboxylic acids is 1. The molecule has 34 heavy (non-hydrogen) atoms. The Morgan fingerprint density at radius 3 is 2.65 bits per heavy atom. The molecule has 180 valence electrons. The maximum atomic E-state index is 12.9. The van der Waals surface area contributed by atoms with E-state index in [0.29, 0.717) is 30.0 Å². The molecule has 0 aromatic heterocycles. The van der Waals surface area contributed by atoms with E-state index in [-0.39, 0.29) is 12.2 Å². The fourth-order valence-corrected chi connectivity index (χ4v) is 3.86. The Balaban J connectivity index is 1.66. The summed E-state index contributed by atoms with van der Waals surface area (Å²) < 4.78 is 40.7. The molecule has 1 aliphatic carbocycles. The summed E-state index contributed by atoms with van der Waals surface area (Å²) in [7, 11) is 1.55. The largest absolute Gasteiger partial charge is 0.493 e. The molecule has 0 atom stereocenters. The quantitative estimate of drug-likeness (QED) is 0.305. The number of benzene rings is 2. The molecule has 1 aliphatic rings. The van der Waals surface area contributed by atoms with Crippen molar-refractivity contribution in [2.75, 3.05) is 20.3 Å². The van der Waals surface area contributed by atoms with E-state index < -0.39 is 12.5 Å². The lowest BCUT2D eigenvalue weighted by atomic mass is 9.89. The van der Waals surface area contributed by atoms with Crippen molar-refractivity contribution < 1.29 is 27.8 Å². The zero-order valence-electron chi connectivity index (χ0n) is 19.5. The van der Waals surface area contributed by atoms with Gasteiger partial charge < -0.3 is 19.5 Å². The van der Waals surface area contributed by atoms with Crippen LogP contribution in [0.25, 0.3) is 5.57 Å². The third kappa shape index (κ3) is 6.98. The number of halogens is 2. The van der Waals surface area contributed by atoms with Gasteiger partial charge in [-0.05, 0) is 73.4 Å². The molecule has 7 heteroatoms. The molecule has 5 nitrogen and oxygen atoms in total. The zero-order chi connectivity index (χ0) is 24.3. The lowest BCUT2D eigenvalue weighted by Crippen LogP contribution is -2.27. The molecule has 1 N–H and O–H groups in total. The number of fused-ring (bicyclic) bond motifs is 1. The van der Waals surface area contributed by atoms with Gasteiger partial charge in [-0.15, -0.1) is 5.92 Å². The lowest BCUT2D eigenvalue weighted by Gasteiger charge is -2.17. The van der Waals surface area contributed by atoms with Crippen molar-refractivity contribution in [3.8, 4) is 23.3 Å². The normalized spacial score (nSPS) is 12.9. The Kier molecular flexibility index (Phi) is 9.33. The SMILES string of the molecule is CC#CCOc1ccc(CCNC(=O)/C(=C\OC(F)F)c2ccc3c(c2)CCCC3)cc1OC. The van der Waals surface area contributed by atoms with Crippen LogP contribution in [0.3, 0.4) is 0 Å². The predicted molar refractivity (Wildman–Crippen MR) is 127 cm³/mol. The van der Waals surface area contributed by atoms with Gasteiger partial charge in [0.25, 0.3) is 5.91 Å². The minimum absolute atomic E-state index is 0.0760. The highest BCUT2D eigenvalue weighted by molar-refractivity contribution is 6.19. The van der Waals surface area contributed by atoms with E-state index >= 15 is 0 Å². The summed E-state index contributed by atoms with van der Waals surface area (Å²) in [5.41, 5.74) is 3.96. The Morgan fingerprint density at radius 1 is 1.12 bits per heavy atom. The highest BCUT2D eigenvalue weighted by Gasteiger charge is 2.17. The average Bonchev–Trinajstić information content (AvgIpc) is 2.84. The van der Waals surface area contributed by atoms with Crippen molar-refractivity contribution in [2.45, 2.75) is 45.6 Å². The van der Waals surface area contributed by atoms with Crippen LogP contribution in [0.15, 0.2) is 42.7 Å². The van der Waals surface area contributed by atoms with Crippen molar-refractivity contribution in [1.29, 1.82) is 0 Å². The first kappa shape index (κ1) is 25.1. The molecule has 2 aromatic rings. The van der Waals surface area contributed by atoms with E-state index in [1.54, 1.807) is 26.2 Å². The highest BCUT2D eigenvalue weighted by Crippen LogP contribution is 2.28. The van der Waals surface area contributed by atoms with Crippen molar-refractivity contribution >= 4 is 11.5 Å². The first-order chi connectivity index (χ1) is 16.5. The van der Waals surface area contributed by atoms with Gasteiger partial charge in [-0.25, -0.2) is 0 Å². The Morgan fingerprint density at radius 2 is 1.91 bits per heavy atom. The van der Waals surface area contributed by atoms with E-state index in [2.05, 4.69) is 21.9 Å². The first-order valence-electron chi connectivity index (χ1n) is 11.2. The van der Waals surface area contributed by atoms with Gasteiger partial charge in [0.2, 0.25) is 0 Å². The van der Waals surface area contributed by atoms with Gasteiger partial charge >= 0.3 is 6.61 Å². The van der Waals surface area contributed by atoms with Gasteiger partial charge in [0.1, 0.15) is 12.9 Å². The van der Waals surface area contributed by atoms with Gasteiger partial charge in [0.15, 0.2) is 11.5 Å². The van der Waals surface area contributed by atoms with Crippen LogP contribution >= 0.6 is 0 Å². The number of rotatable bonds is 10. The van der Waals surface area contributed by atoms with Crippen LogP contribution in [0.4, 0.5) is 8.78 Å². The van der Waals surface area contributed by atoms with Crippen LogP contribution in [0, 0.1) is 11.8 Å². The molecular formula is C27H29F2NO4. The third-order valence-corrected chi connectivity index (χ3v) is 5.60. The van der Waals surface area contributed by atoms with E-state index in [9.17, 15) is 13.6 Å². The summed E-state index contributed by atoms with van der Waals surface area (Å²) in [5.74, 6) is 6.28. The van der Waals surface area contributed by atoms with E-state index in [4.69, 9.17) is 9.47 Å². The summed E-state index contributed by atoms with van der Waals surface area (Å²) >= 11 is 0. The molecule has 0 radical (unpaired) electrons. The molecule has 2 aromatic carbocycles. The minimum Gasteiger partial charge on any atom is -0.493 e. The first-order valence-corrected chi connectivity index (χ1v) is 11.2. The Labute approximate surface area is 199 Å². The number of alkyl halides is 2. The van der Waals surface area contributed by atoms with Crippen LogP contribution in [0.1, 0.15) is 42.0 Å². The molecule has 0 fully saturated rings. The molecule has 0 heterocycles. The summed E-state index contributed by atoms with van der Waals surface area (Å²) in [6, 6.07) is 11.2. The Bertz CT molecular complexity index is 1090. The van der Waals surface area contributed by atoms with Crippen molar-refractivity contribution in [1.82, 2.24) is 5.32 Å². The molecule has 0 saturated carbocycles. The number of carbonyl (C=O) groups is 1. The van der Waals surface area contributed by atoms with Crippen LogP contribution in [-0.4, -0.2) is 32.8 Å². The second-order valence-corrected chi connectivity index (χ2v) is 7.83. The van der Waals surface area contributed by atoms with Crippen LogP contribution in [-0.2, 0) is 28.8 Å². The van der Waals surface area contributed by atoms with Crippen molar-refractivity contribution in [2.24, 2.45) is 0 Å². The molecule has 0 unspecified atom stereocenters. The maximum absolute atomic E-state index is 12.9. The molecule has 1 amide bonds. The number of aryl methyl sites for hydroxylation is 2. The topological polar surface area (TPSA) is 56.8 Å². The van der Waals surface area contributed by atoms with Gasteiger partial charge in [-0.2, -0.15) is 8.78 Å². The summed E-state index contributed by atoms with van der Waals surface area (Å²) in [4.78, 5) is 12.9. The minimum atomic E-state index is -3.00. The summed E-state index contributed by atoms with van der Waals surface area (Å²) in [5, 5.41) is 2.81. The molecule has 0 aliphatic heterocycles. The number of methoxy groups -OCH3 is 1. The van der Waals surface area contributed by atoms with Gasteiger partial charge in [0.05, 0.1) is 12.7 Å². The van der Waals surface area contributed by atoms with Crippen molar-refractivity contribution in [3.05, 3.63) is 64.9 Å². The molecule has 0 bridgehead atoms. The van der Waals surface area contributed by atoms with E-state index in [0.717, 1.165) is 43.1 Å². The van der Waals surface area contributed by atoms with E-state index in [1.807, 2.05) is 24.3 Å². The number of hydrogen-bond acceptors (Lipinski definition) is 4. The summed E-state index contributed by atoms with van der Waals surface area (Å²) in [6.45, 7) is -0.692. The highest BCUT2D eigenvalue weighted by atomic mass is 19.3. The molecule has 3 rings (SSSR count). The molecule has 0 saturated heterocycles. The second-order valence-electron chi connectivity index (χ2n) is 7.83. The zero-order valence-corrected chi connectivity index (χ0v) is 19.5. The number of hydrogen-bond donors (Lipinski definition) is 1.